The van der Waals surface area contributed by atoms with Crippen molar-refractivity contribution in [2.45, 2.75) is 67.3 Å². The van der Waals surface area contributed by atoms with Crippen LogP contribution in [0, 0.1) is 34.6 Å². The Kier molecular flexibility index (Phi) is 6.47. The fourth-order valence-corrected chi connectivity index (χ4v) is 3.74. The highest BCUT2D eigenvalue weighted by Crippen LogP contribution is 2.30. The number of hydrogen-bond acceptors (Lipinski definition) is 4. The van der Waals surface area contributed by atoms with E-state index >= 15 is 0 Å². The van der Waals surface area contributed by atoms with Gasteiger partial charge in [0.2, 0.25) is 0 Å². The molecule has 3 rings (SSSR count). The molecule has 0 aliphatic carbocycles. The van der Waals surface area contributed by atoms with Gasteiger partial charge >= 0.3 is 0 Å². The Labute approximate surface area is 168 Å². The van der Waals surface area contributed by atoms with E-state index in [9.17, 15) is 0 Å². The molecule has 0 saturated carbocycles. The van der Waals surface area contributed by atoms with Crippen molar-refractivity contribution < 1.29 is 0 Å². The quantitative estimate of drug-likeness (QED) is 0.638. The molecular formula is C21H30ClN5. The molecule has 1 aromatic carbocycles. The third kappa shape index (κ3) is 3.93. The lowest BCUT2D eigenvalue weighted by atomic mass is 10.1. The Bertz CT molecular complexity index is 934. The second-order valence-electron chi connectivity index (χ2n) is 7.22. The summed E-state index contributed by atoms with van der Waals surface area (Å²) in [6.45, 7) is 14.8. The highest BCUT2D eigenvalue weighted by Gasteiger charge is 2.19. The number of nitrogens with one attached hydrogen (secondary N) is 1. The van der Waals surface area contributed by atoms with Gasteiger partial charge in [-0.3, -0.25) is 0 Å². The molecule has 0 radical (unpaired) electrons. The number of aryl methyl sites for hydroxylation is 5. The van der Waals surface area contributed by atoms with Gasteiger partial charge in [-0.2, -0.15) is 5.10 Å². The second kappa shape index (κ2) is 8.26. The van der Waals surface area contributed by atoms with Gasteiger partial charge in [-0.05, 0) is 58.6 Å². The molecule has 2 aromatic heterocycles. The number of nitrogens with zero attached hydrogens (tertiary/aromatic N) is 4. The van der Waals surface area contributed by atoms with Crippen molar-refractivity contribution in [3.63, 3.8) is 0 Å². The smallest absolute Gasteiger partial charge is 0.168 e. The highest BCUT2D eigenvalue weighted by molar-refractivity contribution is 5.90. The summed E-state index contributed by atoms with van der Waals surface area (Å²) in [4.78, 5) is 9.43. The van der Waals surface area contributed by atoms with E-state index in [0.717, 1.165) is 46.9 Å². The highest BCUT2D eigenvalue weighted by atomic mass is 35.5. The molecule has 2 heterocycles. The van der Waals surface area contributed by atoms with E-state index in [4.69, 9.17) is 10.1 Å². The molecule has 0 spiro atoms. The molecule has 3 aromatic rings. The Morgan fingerprint density at radius 1 is 0.963 bits per heavy atom. The number of aromatic nitrogens is 4. The van der Waals surface area contributed by atoms with E-state index in [2.05, 4.69) is 57.1 Å². The van der Waals surface area contributed by atoms with Gasteiger partial charge in [-0.15, -0.1) is 12.4 Å². The van der Waals surface area contributed by atoms with Crippen molar-refractivity contribution in [3.05, 3.63) is 40.3 Å². The maximum atomic E-state index is 4.85. The summed E-state index contributed by atoms with van der Waals surface area (Å²) in [6, 6.07) is 4.80. The first-order valence-electron chi connectivity index (χ1n) is 9.44. The second-order valence-corrected chi connectivity index (χ2v) is 7.22. The normalized spacial score (nSPS) is 11.1. The summed E-state index contributed by atoms with van der Waals surface area (Å²) < 4.78 is 1.99. The maximum Gasteiger partial charge on any atom is 0.168 e. The molecule has 0 fully saturated rings. The molecule has 0 atom stereocenters. The van der Waals surface area contributed by atoms with Crippen LogP contribution in [0.3, 0.4) is 0 Å². The third-order valence-electron chi connectivity index (χ3n) is 4.99. The number of hydrogen-bond donors (Lipinski definition) is 1. The van der Waals surface area contributed by atoms with Crippen molar-refractivity contribution in [3.8, 4) is 5.69 Å². The summed E-state index contributed by atoms with van der Waals surface area (Å²) in [6.07, 6.45) is 2.12. The van der Waals surface area contributed by atoms with Gasteiger partial charge in [0.1, 0.15) is 11.6 Å². The molecule has 0 unspecified atom stereocenters. The van der Waals surface area contributed by atoms with E-state index < -0.39 is 0 Å². The summed E-state index contributed by atoms with van der Waals surface area (Å²) in [5, 5.41) is 9.46. The zero-order valence-corrected chi connectivity index (χ0v) is 18.2. The van der Waals surface area contributed by atoms with Crippen LogP contribution in [0.5, 0.6) is 0 Å². The van der Waals surface area contributed by atoms with Gasteiger partial charge in [-0.1, -0.05) is 31.5 Å². The molecule has 0 amide bonds. The van der Waals surface area contributed by atoms with Gasteiger partial charge in [-0.25, -0.2) is 14.6 Å². The molecule has 0 aliphatic rings. The van der Waals surface area contributed by atoms with Crippen LogP contribution in [-0.4, -0.2) is 25.8 Å². The summed E-state index contributed by atoms with van der Waals surface area (Å²) in [5.74, 6) is 1.65. The summed E-state index contributed by atoms with van der Waals surface area (Å²) in [5.41, 5.74) is 6.61. The molecule has 1 N–H and O–H groups in total. The van der Waals surface area contributed by atoms with Gasteiger partial charge in [0, 0.05) is 6.04 Å². The molecule has 6 heteroatoms. The molecule has 0 saturated heterocycles. The minimum absolute atomic E-state index is 0. The first-order valence-corrected chi connectivity index (χ1v) is 9.44. The Morgan fingerprint density at radius 2 is 1.56 bits per heavy atom. The number of rotatable bonds is 5. The van der Waals surface area contributed by atoms with Crippen molar-refractivity contribution >= 4 is 29.3 Å². The van der Waals surface area contributed by atoms with Crippen molar-refractivity contribution in [2.75, 3.05) is 5.32 Å². The van der Waals surface area contributed by atoms with Gasteiger partial charge in [0.15, 0.2) is 5.65 Å². The van der Waals surface area contributed by atoms with E-state index in [-0.39, 0.29) is 12.4 Å². The minimum atomic E-state index is 0. The molecule has 27 heavy (non-hydrogen) atoms. The van der Waals surface area contributed by atoms with Crippen LogP contribution in [0.1, 0.15) is 54.9 Å². The fourth-order valence-electron chi connectivity index (χ4n) is 3.74. The van der Waals surface area contributed by atoms with Crippen LogP contribution >= 0.6 is 12.4 Å². The van der Waals surface area contributed by atoms with Crippen LogP contribution < -0.4 is 5.32 Å². The predicted octanol–water partition coefficient (Wildman–Crippen LogP) is 5.38. The number of anilines is 1. The van der Waals surface area contributed by atoms with Gasteiger partial charge in [0.05, 0.1) is 16.8 Å². The van der Waals surface area contributed by atoms with Crippen LogP contribution in [-0.2, 0) is 0 Å². The molecule has 146 valence electrons. The van der Waals surface area contributed by atoms with Crippen LogP contribution in [0.4, 0.5) is 5.82 Å². The summed E-state index contributed by atoms with van der Waals surface area (Å²) in [7, 11) is 0. The molecule has 0 aliphatic heterocycles. The lowest BCUT2D eigenvalue weighted by Crippen LogP contribution is -2.18. The maximum absolute atomic E-state index is 4.85. The molecule has 0 bridgehead atoms. The molecule has 5 nitrogen and oxygen atoms in total. The van der Waals surface area contributed by atoms with Crippen LogP contribution in [0.25, 0.3) is 16.7 Å². The first-order chi connectivity index (χ1) is 12.3. The Hall–Kier alpha value is -2.14. The number of fused-ring (bicyclic) bond motifs is 1. The number of benzene rings is 1. The first kappa shape index (κ1) is 21.2. The predicted molar refractivity (Wildman–Crippen MR) is 116 cm³/mol. The Balaban J connectivity index is 0.00000261. The van der Waals surface area contributed by atoms with E-state index in [1.54, 1.807) is 0 Å². The zero-order chi connectivity index (χ0) is 19.0. The van der Waals surface area contributed by atoms with E-state index in [1.807, 2.05) is 18.5 Å². The standard InChI is InChI=1S/C21H29N5.ClH/c1-8-17(9-2)24-20-18-15(6)25-26(21(18)23-16(7)22-20)19-13(4)10-12(3)11-14(19)5;/h10-11,17H,8-9H2,1-7H3,(H,22,23,24);1H. The van der Waals surface area contributed by atoms with Crippen LogP contribution in [0.15, 0.2) is 12.1 Å². The van der Waals surface area contributed by atoms with Crippen molar-refractivity contribution in [1.29, 1.82) is 0 Å². The lowest BCUT2D eigenvalue weighted by Gasteiger charge is -2.17. The zero-order valence-electron chi connectivity index (χ0n) is 17.3. The lowest BCUT2D eigenvalue weighted by molar-refractivity contribution is 0.669. The molecular weight excluding hydrogens is 358 g/mol. The minimum Gasteiger partial charge on any atom is -0.367 e. The Morgan fingerprint density at radius 3 is 2.11 bits per heavy atom. The van der Waals surface area contributed by atoms with Crippen molar-refractivity contribution in [1.82, 2.24) is 19.7 Å². The topological polar surface area (TPSA) is 55.6 Å². The SMILES string of the molecule is CCC(CC)Nc1nc(C)nc2c1c(C)nn2-c1c(C)cc(C)cc1C.Cl. The average molecular weight is 388 g/mol. The van der Waals surface area contributed by atoms with Crippen LogP contribution in [0.2, 0.25) is 0 Å². The van der Waals surface area contributed by atoms with Crippen molar-refractivity contribution in [2.24, 2.45) is 0 Å². The monoisotopic (exact) mass is 387 g/mol. The third-order valence-corrected chi connectivity index (χ3v) is 4.99. The fraction of sp³-hybridized carbons (Fsp3) is 0.476. The average Bonchev–Trinajstić information content (AvgIpc) is 2.88. The largest absolute Gasteiger partial charge is 0.367 e. The number of halogens is 1. The van der Waals surface area contributed by atoms with E-state index in [1.165, 1.54) is 16.7 Å². The van der Waals surface area contributed by atoms with E-state index in [0.29, 0.717) is 6.04 Å². The summed E-state index contributed by atoms with van der Waals surface area (Å²) >= 11 is 0. The van der Waals surface area contributed by atoms with Gasteiger partial charge in [0.25, 0.3) is 0 Å². The van der Waals surface area contributed by atoms with Gasteiger partial charge < -0.3 is 5.32 Å².